The molecule has 1 heterocycles. The van der Waals surface area contributed by atoms with Gasteiger partial charge in [-0.3, -0.25) is 9.98 Å². The van der Waals surface area contributed by atoms with Crippen LogP contribution in [0.25, 0.3) is 0 Å². The molecule has 0 N–H and O–H groups in total. The van der Waals surface area contributed by atoms with Gasteiger partial charge in [-0.2, -0.15) is 0 Å². The first-order valence-electron chi connectivity index (χ1n) is 25.3. The Hall–Kier alpha value is -1.69. The topological polar surface area (TPSA) is 37.6 Å². The van der Waals surface area contributed by atoms with Crippen molar-refractivity contribution in [3.63, 3.8) is 0 Å². The van der Waals surface area contributed by atoms with Crippen LogP contribution in [0.1, 0.15) is 273 Å². The second-order valence-electron chi connectivity index (χ2n) is 20.3. The average molecular weight is 943 g/mol. The van der Waals surface area contributed by atoms with E-state index in [1.54, 1.807) is 11.1 Å². The molecular weight excluding hydrogens is 868 g/mol. The van der Waals surface area contributed by atoms with Gasteiger partial charge in [0.2, 0.25) is 0 Å². The number of aromatic nitrogens is 1. The summed E-state index contributed by atoms with van der Waals surface area (Å²) in [7, 11) is 0. The van der Waals surface area contributed by atoms with E-state index in [1.165, 1.54) is 226 Å². The van der Waals surface area contributed by atoms with E-state index in [0.29, 0.717) is 40.5 Å². The van der Waals surface area contributed by atoms with E-state index in [1.807, 2.05) is 12.1 Å². The molecule has 3 nitrogen and oxygen atoms in total. The maximum absolute atomic E-state index is 6.98. The van der Waals surface area contributed by atoms with Crippen LogP contribution in [0.2, 0.25) is 5.02 Å². The fourth-order valence-electron chi connectivity index (χ4n) is 12.9. The summed E-state index contributed by atoms with van der Waals surface area (Å²) in [4.78, 5) is 16.3. The van der Waals surface area contributed by atoms with Crippen LogP contribution in [0.4, 0.5) is 11.4 Å². The average Bonchev–Trinajstić information content (AvgIpc) is 3.31. The van der Waals surface area contributed by atoms with E-state index < -0.39 is 0 Å². The summed E-state index contributed by atoms with van der Waals surface area (Å²) in [6.07, 6.45) is 44.4. The molecule has 62 heavy (non-hydrogen) atoms. The van der Waals surface area contributed by atoms with Crippen molar-refractivity contribution in [3.8, 4) is 0 Å². The Labute approximate surface area is 403 Å². The van der Waals surface area contributed by atoms with Crippen molar-refractivity contribution in [2.24, 2.45) is 9.98 Å². The predicted octanol–water partition coefficient (Wildman–Crippen LogP) is 11.5. The van der Waals surface area contributed by atoms with Gasteiger partial charge in [0.25, 0.3) is 0 Å². The summed E-state index contributed by atoms with van der Waals surface area (Å²) in [6.45, 7) is 0. The number of halogens is 3. The Morgan fingerprint density at radius 1 is 0.371 bits per heavy atom. The van der Waals surface area contributed by atoms with Gasteiger partial charge in [-0.1, -0.05) is 151 Å². The monoisotopic (exact) mass is 940 g/mol. The summed E-state index contributed by atoms with van der Waals surface area (Å²) in [5, 5.41) is 0.711. The number of hydrogen-bond acceptors (Lipinski definition) is 3. The molecule has 6 aliphatic rings. The van der Waals surface area contributed by atoms with Crippen LogP contribution >= 0.6 is 11.6 Å². The van der Waals surface area contributed by atoms with Crippen molar-refractivity contribution < 1.29 is 41.6 Å². The first-order chi connectivity index (χ1) is 29.2. The zero-order chi connectivity index (χ0) is 39.8. The Bertz CT molecular complexity index is 1690. The molecule has 0 bridgehead atoms. The molecule has 1 aromatic heterocycles. The third kappa shape index (κ3) is 12.4. The summed E-state index contributed by atoms with van der Waals surface area (Å²) in [5.74, 6) is 3.86. The van der Waals surface area contributed by atoms with Crippen molar-refractivity contribution in [2.45, 2.75) is 228 Å². The number of benzene rings is 2. The van der Waals surface area contributed by atoms with Crippen LogP contribution in [0.15, 0.2) is 46.4 Å². The molecule has 0 atom stereocenters. The van der Waals surface area contributed by atoms with Crippen LogP contribution in [-0.2, 0) is 16.8 Å². The van der Waals surface area contributed by atoms with Crippen molar-refractivity contribution in [2.75, 3.05) is 0 Å². The molecule has 0 spiro atoms. The molecule has 0 aliphatic heterocycles. The summed E-state index contributed by atoms with van der Waals surface area (Å²) in [6, 6.07) is 14.6. The first kappa shape index (κ1) is 49.7. The van der Waals surface area contributed by atoms with Gasteiger partial charge in [-0.15, -0.1) is 0 Å². The summed E-state index contributed by atoms with van der Waals surface area (Å²) >= 11 is 6.98. The largest absolute Gasteiger partial charge is 2.00 e. The Kier molecular flexibility index (Phi) is 19.8. The molecular formula is C55H74Cl3CoN3. The zero-order valence-corrected chi connectivity index (χ0v) is 40.9. The number of hydrogen-bond donors (Lipinski definition) is 0. The molecule has 0 saturated heterocycles. The number of nitrogens with zero attached hydrogens (tertiary/aromatic N) is 3. The van der Waals surface area contributed by atoms with Crippen molar-refractivity contribution in [1.29, 1.82) is 0 Å². The van der Waals surface area contributed by atoms with E-state index in [-0.39, 0.29) is 41.6 Å². The maximum atomic E-state index is 6.98. The Morgan fingerprint density at radius 3 is 0.871 bits per heavy atom. The standard InChI is InChI=1S/C55H74ClN3.2ClH.Co/c56-47-35-48(37-57-54-50(41-23-11-3-12-24-41)31-45(39-19-7-1-8-20-39)32-51(54)42-25-13-4-14-26-42)59-49(36-47)38-58-55-52(43-27-15-5-16-28-43)33-46(40-21-9-2-10-22-40)34-53(55)44-29-17-6-18-30-44;;;/h31-44H,1-30H2;2*1H;/q;;;+2/p-2. The minimum absolute atomic E-state index is 0. The van der Waals surface area contributed by atoms with Gasteiger partial charge in [0.1, 0.15) is 0 Å². The van der Waals surface area contributed by atoms with Crippen LogP contribution in [0, 0.1) is 0 Å². The second-order valence-corrected chi connectivity index (χ2v) is 20.7. The first-order valence-corrected chi connectivity index (χ1v) is 25.7. The summed E-state index contributed by atoms with van der Waals surface area (Å²) in [5.41, 5.74) is 13.6. The fraction of sp³-hybridized carbons (Fsp3) is 0.655. The fourth-order valence-corrected chi connectivity index (χ4v) is 13.1. The van der Waals surface area contributed by atoms with E-state index in [0.717, 1.165) is 11.4 Å². The maximum Gasteiger partial charge on any atom is 2.00 e. The van der Waals surface area contributed by atoms with Crippen molar-refractivity contribution in [1.82, 2.24) is 4.98 Å². The molecule has 6 fully saturated rings. The van der Waals surface area contributed by atoms with Crippen LogP contribution in [-0.4, -0.2) is 17.4 Å². The third-order valence-corrected chi connectivity index (χ3v) is 16.4. The smallest absolute Gasteiger partial charge is 1.00 e. The molecule has 0 amide bonds. The van der Waals surface area contributed by atoms with E-state index in [9.17, 15) is 0 Å². The van der Waals surface area contributed by atoms with Crippen LogP contribution < -0.4 is 24.8 Å². The molecule has 1 radical (unpaired) electrons. The summed E-state index contributed by atoms with van der Waals surface area (Å²) < 4.78 is 0. The second kappa shape index (κ2) is 24.7. The van der Waals surface area contributed by atoms with Crippen molar-refractivity contribution >= 4 is 35.4 Å². The van der Waals surface area contributed by atoms with E-state index >= 15 is 0 Å². The molecule has 9 rings (SSSR count). The molecule has 0 unspecified atom stereocenters. The van der Waals surface area contributed by atoms with Gasteiger partial charge in [0.05, 0.1) is 35.2 Å². The van der Waals surface area contributed by atoms with Crippen LogP contribution in [0.5, 0.6) is 0 Å². The van der Waals surface area contributed by atoms with Crippen molar-refractivity contribution in [3.05, 3.63) is 86.2 Å². The third-order valence-electron chi connectivity index (χ3n) is 16.2. The van der Waals surface area contributed by atoms with Gasteiger partial charge in [-0.25, -0.2) is 4.98 Å². The van der Waals surface area contributed by atoms with Gasteiger partial charge < -0.3 is 24.8 Å². The van der Waals surface area contributed by atoms with Gasteiger partial charge >= 0.3 is 16.8 Å². The van der Waals surface area contributed by atoms with E-state index in [4.69, 9.17) is 26.6 Å². The van der Waals surface area contributed by atoms with Gasteiger partial charge in [-0.05, 0) is 158 Å². The molecule has 7 heteroatoms. The Morgan fingerprint density at radius 2 is 0.613 bits per heavy atom. The SMILES string of the molecule is Clc1cc(C=Nc2c(C3CCCCC3)cc(C3CCCCC3)cc2C2CCCCC2)nc(C=Nc2c(C3CCCCC3)cc(C3CCCCC3)cc2C2CCCCC2)c1.[Cl-].[Cl-].[Co+2]. The van der Waals surface area contributed by atoms with Crippen LogP contribution in [0.3, 0.4) is 0 Å². The molecule has 6 aliphatic carbocycles. The van der Waals surface area contributed by atoms with E-state index in [2.05, 4.69) is 36.7 Å². The predicted molar refractivity (Wildman–Crippen MR) is 252 cm³/mol. The number of pyridine rings is 1. The Balaban J connectivity index is 0.00000214. The number of aliphatic imine (C=N–C) groups is 2. The minimum atomic E-state index is 0. The minimum Gasteiger partial charge on any atom is -1.00 e. The van der Waals surface area contributed by atoms with Gasteiger partial charge in [0.15, 0.2) is 0 Å². The molecule has 2 aromatic carbocycles. The number of rotatable bonds is 10. The quantitative estimate of drug-likeness (QED) is 0.187. The molecule has 6 saturated carbocycles. The molecule has 339 valence electrons. The normalized spacial score (nSPS) is 22.0. The zero-order valence-electron chi connectivity index (χ0n) is 37.6. The van der Waals surface area contributed by atoms with Gasteiger partial charge in [0, 0.05) is 5.02 Å². The molecule has 3 aromatic rings.